The molecule has 0 radical (unpaired) electrons. The number of benzene rings is 7. The lowest BCUT2D eigenvalue weighted by atomic mass is 9.89. The van der Waals surface area contributed by atoms with Crippen LogP contribution in [0, 0.1) is 0 Å². The summed E-state index contributed by atoms with van der Waals surface area (Å²) in [7, 11) is 0. The van der Waals surface area contributed by atoms with E-state index in [1.165, 1.54) is 59.9 Å². The minimum atomic E-state index is 0.902. The quantitative estimate of drug-likeness (QED) is 0.203. The predicted octanol–water partition coefficient (Wildman–Crippen LogP) is 11.1. The van der Waals surface area contributed by atoms with Gasteiger partial charge >= 0.3 is 0 Å². The summed E-state index contributed by atoms with van der Waals surface area (Å²) in [5.74, 6) is 1.95. The molecule has 7 aromatic carbocycles. The van der Waals surface area contributed by atoms with Crippen molar-refractivity contribution in [1.82, 2.24) is 0 Å². The number of allylic oxidation sites excluding steroid dienone is 3. The molecule has 0 spiro atoms. The molecular weight excluding hydrogens is 510 g/mol. The lowest BCUT2D eigenvalue weighted by Crippen LogP contribution is -2.25. The van der Waals surface area contributed by atoms with E-state index in [1.807, 2.05) is 0 Å². The van der Waals surface area contributed by atoms with Crippen LogP contribution in [0.2, 0.25) is 0 Å². The number of hydrogen-bond donors (Lipinski definition) is 0. The number of fused-ring (bicyclic) bond motifs is 7. The Morgan fingerprint density at radius 3 is 2.14 bits per heavy atom. The van der Waals surface area contributed by atoms with Crippen LogP contribution in [0.1, 0.15) is 12.8 Å². The second-order valence-electron chi connectivity index (χ2n) is 11.2. The molecule has 1 heterocycles. The van der Waals surface area contributed by atoms with E-state index in [0.717, 1.165) is 35.7 Å². The smallest absolute Gasteiger partial charge is 0.151 e. The number of hydrogen-bond acceptors (Lipinski definition) is 2. The van der Waals surface area contributed by atoms with Crippen molar-refractivity contribution in [1.29, 1.82) is 0 Å². The molecule has 0 fully saturated rings. The van der Waals surface area contributed by atoms with E-state index in [0.29, 0.717) is 0 Å². The van der Waals surface area contributed by atoms with Crippen LogP contribution in [0.4, 0.5) is 11.4 Å². The number of ether oxygens (including phenoxy) is 1. The van der Waals surface area contributed by atoms with E-state index in [2.05, 4.69) is 144 Å². The highest BCUT2D eigenvalue weighted by Gasteiger charge is 2.29. The Bertz CT molecular complexity index is 2290. The number of para-hydroxylation sites is 2. The Morgan fingerprint density at radius 1 is 0.548 bits per heavy atom. The molecule has 1 aliphatic heterocycles. The molecule has 7 aromatic rings. The molecule has 0 bridgehead atoms. The van der Waals surface area contributed by atoms with E-state index in [1.54, 1.807) is 0 Å². The van der Waals surface area contributed by atoms with E-state index < -0.39 is 0 Å². The van der Waals surface area contributed by atoms with Crippen molar-refractivity contribution < 1.29 is 4.74 Å². The maximum atomic E-state index is 6.44. The minimum Gasteiger partial charge on any atom is -0.457 e. The number of anilines is 2. The van der Waals surface area contributed by atoms with Crippen LogP contribution in [-0.4, -0.2) is 0 Å². The summed E-state index contributed by atoms with van der Waals surface area (Å²) in [6.45, 7) is 0. The largest absolute Gasteiger partial charge is 0.457 e. The molecule has 2 heteroatoms. The first-order valence-corrected chi connectivity index (χ1v) is 14.7. The van der Waals surface area contributed by atoms with Gasteiger partial charge < -0.3 is 9.64 Å². The number of nitrogens with zero attached hydrogens (tertiary/aromatic N) is 1. The van der Waals surface area contributed by atoms with Gasteiger partial charge in [-0.3, -0.25) is 0 Å². The van der Waals surface area contributed by atoms with Crippen molar-refractivity contribution in [2.24, 2.45) is 0 Å². The summed E-state index contributed by atoms with van der Waals surface area (Å²) < 4.78 is 6.44. The summed E-state index contributed by atoms with van der Waals surface area (Å²) in [6, 6.07) is 46.4. The predicted molar refractivity (Wildman–Crippen MR) is 177 cm³/mol. The van der Waals surface area contributed by atoms with Gasteiger partial charge in [0.2, 0.25) is 0 Å². The van der Waals surface area contributed by atoms with Gasteiger partial charge in [0.25, 0.3) is 0 Å². The fraction of sp³-hybridized carbons (Fsp3) is 0.0500. The molecule has 0 N–H and O–H groups in total. The summed E-state index contributed by atoms with van der Waals surface area (Å²) in [5.41, 5.74) is 5.86. The summed E-state index contributed by atoms with van der Waals surface area (Å²) in [4.78, 5) is 2.41. The van der Waals surface area contributed by atoms with Gasteiger partial charge in [0.05, 0.1) is 17.1 Å². The zero-order valence-electron chi connectivity index (χ0n) is 23.0. The van der Waals surface area contributed by atoms with E-state index in [4.69, 9.17) is 4.74 Å². The standard InChI is InChI=1S/C40H27NO/c1-2-12-27-23-28(22-21-26(27)11-1)34-24-29-25-37(31-14-4-6-16-33(31)40(29)32-15-5-3-13-30(32)34)41-35-17-7-9-19-38(35)42-39-20-10-8-18-36(39)41/h1-9,11-19,21-25H,10,20H2. The SMILES string of the molecule is C1=CC2=C(CC1)Oc1ccccc1N2c1cc2cc(-c3ccc4ccccc4c3)c3ccccc3c2c2ccccc12. The molecule has 0 unspecified atom stereocenters. The molecule has 198 valence electrons. The maximum absolute atomic E-state index is 6.44. The molecule has 0 saturated carbocycles. The van der Waals surface area contributed by atoms with Crippen LogP contribution in [0.15, 0.2) is 151 Å². The maximum Gasteiger partial charge on any atom is 0.151 e. The fourth-order valence-electron chi connectivity index (χ4n) is 6.92. The van der Waals surface area contributed by atoms with Crippen LogP contribution in [0.3, 0.4) is 0 Å². The topological polar surface area (TPSA) is 12.5 Å². The van der Waals surface area contributed by atoms with Gasteiger partial charge in [0.1, 0.15) is 5.76 Å². The highest BCUT2D eigenvalue weighted by Crippen LogP contribution is 2.49. The lowest BCUT2D eigenvalue weighted by Gasteiger charge is -2.36. The Labute approximate surface area is 244 Å². The first-order valence-electron chi connectivity index (χ1n) is 14.7. The Balaban J connectivity index is 1.39. The first kappa shape index (κ1) is 23.4. The Hall–Kier alpha value is -5.34. The third-order valence-electron chi connectivity index (χ3n) is 8.82. The van der Waals surface area contributed by atoms with Gasteiger partial charge in [0, 0.05) is 11.8 Å². The zero-order valence-corrected chi connectivity index (χ0v) is 23.0. The first-order chi connectivity index (χ1) is 20.8. The summed E-state index contributed by atoms with van der Waals surface area (Å²) >= 11 is 0. The minimum absolute atomic E-state index is 0.902. The van der Waals surface area contributed by atoms with Gasteiger partial charge in [-0.2, -0.15) is 0 Å². The molecule has 1 aliphatic carbocycles. The van der Waals surface area contributed by atoms with Gasteiger partial charge in [-0.05, 0) is 91.7 Å². The van der Waals surface area contributed by atoms with Gasteiger partial charge in [-0.25, -0.2) is 0 Å². The average molecular weight is 538 g/mol. The zero-order chi connectivity index (χ0) is 27.6. The average Bonchev–Trinajstić information content (AvgIpc) is 3.06. The lowest BCUT2D eigenvalue weighted by molar-refractivity contribution is 0.388. The molecule has 0 aromatic heterocycles. The second-order valence-corrected chi connectivity index (χ2v) is 11.2. The van der Waals surface area contributed by atoms with E-state index >= 15 is 0 Å². The highest BCUT2D eigenvalue weighted by atomic mass is 16.5. The van der Waals surface area contributed by atoms with Crippen molar-refractivity contribution in [2.75, 3.05) is 4.90 Å². The molecule has 0 saturated heterocycles. The molecule has 0 atom stereocenters. The molecular formula is C40H27NO. The van der Waals surface area contributed by atoms with Gasteiger partial charge in [-0.1, -0.05) is 103 Å². The van der Waals surface area contributed by atoms with Crippen LogP contribution < -0.4 is 9.64 Å². The van der Waals surface area contributed by atoms with Crippen molar-refractivity contribution in [3.05, 3.63) is 151 Å². The Kier molecular flexibility index (Phi) is 5.06. The van der Waals surface area contributed by atoms with Crippen LogP contribution >= 0.6 is 0 Å². The molecule has 0 amide bonds. The van der Waals surface area contributed by atoms with Crippen molar-refractivity contribution in [3.63, 3.8) is 0 Å². The monoisotopic (exact) mass is 537 g/mol. The Morgan fingerprint density at radius 2 is 1.26 bits per heavy atom. The fourth-order valence-corrected chi connectivity index (χ4v) is 6.92. The van der Waals surface area contributed by atoms with Crippen molar-refractivity contribution in [2.45, 2.75) is 12.8 Å². The van der Waals surface area contributed by atoms with Crippen LogP contribution in [0.5, 0.6) is 5.75 Å². The van der Waals surface area contributed by atoms with Gasteiger partial charge in [0.15, 0.2) is 5.75 Å². The highest BCUT2D eigenvalue weighted by molar-refractivity contribution is 6.26. The van der Waals surface area contributed by atoms with E-state index in [-0.39, 0.29) is 0 Å². The molecule has 42 heavy (non-hydrogen) atoms. The molecule has 2 nitrogen and oxygen atoms in total. The third-order valence-corrected chi connectivity index (χ3v) is 8.82. The molecule has 2 aliphatic rings. The van der Waals surface area contributed by atoms with E-state index in [9.17, 15) is 0 Å². The number of rotatable bonds is 2. The van der Waals surface area contributed by atoms with Crippen molar-refractivity contribution in [3.8, 4) is 16.9 Å². The summed E-state index contributed by atoms with van der Waals surface area (Å²) in [5, 5.41) is 10.1. The second kappa shape index (κ2) is 9.09. The third kappa shape index (κ3) is 3.45. The normalized spacial score (nSPS) is 14.4. The van der Waals surface area contributed by atoms with Crippen LogP contribution in [0.25, 0.3) is 54.2 Å². The summed E-state index contributed by atoms with van der Waals surface area (Å²) in [6.07, 6.45) is 6.39. The molecule has 9 rings (SSSR count). The van der Waals surface area contributed by atoms with Crippen LogP contribution in [-0.2, 0) is 0 Å². The van der Waals surface area contributed by atoms with Crippen molar-refractivity contribution >= 4 is 54.5 Å². The van der Waals surface area contributed by atoms with Gasteiger partial charge in [-0.15, -0.1) is 0 Å².